The Hall–Kier alpha value is -0.830. The molecule has 1 aliphatic rings. The van der Waals surface area contributed by atoms with Gasteiger partial charge in [-0.1, -0.05) is 6.92 Å². The molecule has 3 nitrogen and oxygen atoms in total. The number of aromatic nitrogens is 2. The van der Waals surface area contributed by atoms with Gasteiger partial charge in [-0.05, 0) is 12.3 Å². The molecule has 1 N–H and O–H groups in total. The number of aryl methyl sites for hydroxylation is 1. The van der Waals surface area contributed by atoms with Crippen LogP contribution in [0.5, 0.6) is 0 Å². The van der Waals surface area contributed by atoms with Gasteiger partial charge in [0.15, 0.2) is 0 Å². The highest BCUT2D eigenvalue weighted by molar-refractivity contribution is 5.19. The summed E-state index contributed by atoms with van der Waals surface area (Å²) < 4.78 is 1.86. The number of nitrogens with zero attached hydrogens (tertiary/aromatic N) is 2. The van der Waals surface area contributed by atoms with E-state index in [0.717, 1.165) is 12.1 Å². The minimum Gasteiger partial charge on any atom is -0.383 e. The van der Waals surface area contributed by atoms with Crippen molar-refractivity contribution >= 4 is 0 Å². The van der Waals surface area contributed by atoms with Crippen LogP contribution in [0.3, 0.4) is 0 Å². The van der Waals surface area contributed by atoms with Crippen molar-refractivity contribution in [1.82, 2.24) is 9.55 Å². The molecule has 0 aromatic carbocycles. The summed E-state index contributed by atoms with van der Waals surface area (Å²) in [5, 5.41) is 9.81. The van der Waals surface area contributed by atoms with Crippen LogP contribution >= 0.6 is 0 Å². The Morgan fingerprint density at radius 3 is 2.82 bits per heavy atom. The Bertz CT molecular complexity index is 281. The predicted molar refractivity (Wildman–Crippen MR) is 40.9 cm³/mol. The number of rotatable bonds is 1. The van der Waals surface area contributed by atoms with Crippen LogP contribution in [0, 0.1) is 5.92 Å². The van der Waals surface area contributed by atoms with Crippen LogP contribution in [0.25, 0.3) is 0 Å². The summed E-state index contributed by atoms with van der Waals surface area (Å²) in [4.78, 5) is 4.11. The summed E-state index contributed by atoms with van der Waals surface area (Å²) in [7, 11) is 1.91. The lowest BCUT2D eigenvalue weighted by atomic mass is 10.2. The molecule has 1 aromatic rings. The Kier molecular flexibility index (Phi) is 1.16. The molecule has 2 unspecified atom stereocenters. The Labute approximate surface area is 65.7 Å². The second-order valence-electron chi connectivity index (χ2n) is 3.45. The molecule has 0 spiro atoms. The lowest BCUT2D eigenvalue weighted by Gasteiger charge is -2.02. The van der Waals surface area contributed by atoms with Crippen molar-refractivity contribution in [1.29, 1.82) is 0 Å². The fourth-order valence-corrected chi connectivity index (χ4v) is 1.40. The number of imidazole rings is 1. The monoisotopic (exact) mass is 152 g/mol. The normalized spacial score (nSPS) is 35.7. The molecule has 0 amide bonds. The van der Waals surface area contributed by atoms with E-state index in [9.17, 15) is 5.11 Å². The lowest BCUT2D eigenvalue weighted by molar-refractivity contribution is 0.130. The first-order valence-electron chi connectivity index (χ1n) is 3.84. The van der Waals surface area contributed by atoms with Gasteiger partial charge >= 0.3 is 0 Å². The molecular weight excluding hydrogens is 140 g/mol. The van der Waals surface area contributed by atoms with E-state index >= 15 is 0 Å². The van der Waals surface area contributed by atoms with E-state index in [-0.39, 0.29) is 0 Å². The SMILES string of the molecule is CC1CC1(O)c1cn(C)cn1. The molecule has 0 aliphatic heterocycles. The molecule has 1 aliphatic carbocycles. The fraction of sp³-hybridized carbons (Fsp3) is 0.625. The maximum atomic E-state index is 9.81. The van der Waals surface area contributed by atoms with E-state index < -0.39 is 5.60 Å². The van der Waals surface area contributed by atoms with Gasteiger partial charge in [-0.25, -0.2) is 4.98 Å². The van der Waals surface area contributed by atoms with Gasteiger partial charge in [-0.3, -0.25) is 0 Å². The molecule has 0 bridgehead atoms. The molecule has 1 aromatic heterocycles. The second-order valence-corrected chi connectivity index (χ2v) is 3.45. The summed E-state index contributed by atoms with van der Waals surface area (Å²) in [5.41, 5.74) is 0.203. The first-order chi connectivity index (χ1) is 5.13. The Balaban J connectivity index is 2.31. The Morgan fingerprint density at radius 2 is 2.45 bits per heavy atom. The third kappa shape index (κ3) is 0.878. The third-order valence-electron chi connectivity index (χ3n) is 2.42. The minimum absolute atomic E-state index is 0.373. The van der Waals surface area contributed by atoms with Gasteiger partial charge in [0.05, 0.1) is 12.0 Å². The molecule has 11 heavy (non-hydrogen) atoms. The second kappa shape index (κ2) is 1.85. The standard InChI is InChI=1S/C8H12N2O/c1-6-3-8(6,11)7-4-10(2)5-9-7/h4-6,11H,3H2,1-2H3. The van der Waals surface area contributed by atoms with Gasteiger partial charge < -0.3 is 9.67 Å². The van der Waals surface area contributed by atoms with Crippen molar-refractivity contribution in [3.05, 3.63) is 18.2 Å². The quantitative estimate of drug-likeness (QED) is 0.641. The van der Waals surface area contributed by atoms with Crippen molar-refractivity contribution in [2.45, 2.75) is 18.9 Å². The van der Waals surface area contributed by atoms with Gasteiger partial charge in [-0.2, -0.15) is 0 Å². The van der Waals surface area contributed by atoms with Gasteiger partial charge in [0, 0.05) is 13.2 Å². The average Bonchev–Trinajstić information content (AvgIpc) is 2.44. The summed E-state index contributed by atoms with van der Waals surface area (Å²) >= 11 is 0. The van der Waals surface area contributed by atoms with Crippen molar-refractivity contribution in [3.63, 3.8) is 0 Å². The summed E-state index contributed by atoms with van der Waals surface area (Å²) in [6, 6.07) is 0. The van der Waals surface area contributed by atoms with Crippen molar-refractivity contribution < 1.29 is 5.11 Å². The molecule has 3 heteroatoms. The summed E-state index contributed by atoms with van der Waals surface area (Å²) in [6.45, 7) is 2.04. The molecule has 1 heterocycles. The highest BCUT2D eigenvalue weighted by atomic mass is 16.3. The lowest BCUT2D eigenvalue weighted by Crippen LogP contribution is -2.07. The fourth-order valence-electron chi connectivity index (χ4n) is 1.40. The number of hydrogen-bond acceptors (Lipinski definition) is 2. The molecule has 0 saturated heterocycles. The topological polar surface area (TPSA) is 38.0 Å². The van der Waals surface area contributed by atoms with E-state index in [1.165, 1.54) is 0 Å². The van der Waals surface area contributed by atoms with E-state index in [2.05, 4.69) is 4.98 Å². The van der Waals surface area contributed by atoms with Crippen molar-refractivity contribution in [2.75, 3.05) is 0 Å². The molecule has 0 radical (unpaired) electrons. The van der Waals surface area contributed by atoms with Gasteiger partial charge in [0.25, 0.3) is 0 Å². The molecular formula is C8H12N2O. The van der Waals surface area contributed by atoms with Crippen LogP contribution in [0.15, 0.2) is 12.5 Å². The van der Waals surface area contributed by atoms with E-state index in [1.54, 1.807) is 6.33 Å². The largest absolute Gasteiger partial charge is 0.383 e. The Morgan fingerprint density at radius 1 is 1.82 bits per heavy atom. The molecule has 2 rings (SSSR count). The van der Waals surface area contributed by atoms with Crippen LogP contribution in [0.4, 0.5) is 0 Å². The van der Waals surface area contributed by atoms with Crippen molar-refractivity contribution in [3.8, 4) is 0 Å². The first-order valence-corrected chi connectivity index (χ1v) is 3.84. The van der Waals surface area contributed by atoms with Gasteiger partial charge in [0.1, 0.15) is 5.60 Å². The highest BCUT2D eigenvalue weighted by Gasteiger charge is 2.52. The molecule has 1 saturated carbocycles. The van der Waals surface area contributed by atoms with Crippen LogP contribution in [0.2, 0.25) is 0 Å². The van der Waals surface area contributed by atoms with Crippen LogP contribution < -0.4 is 0 Å². The first kappa shape index (κ1) is 6.85. The minimum atomic E-state index is -0.610. The molecule has 2 atom stereocenters. The zero-order chi connectivity index (χ0) is 8.06. The molecule has 1 fully saturated rings. The maximum Gasteiger partial charge on any atom is 0.111 e. The zero-order valence-electron chi connectivity index (χ0n) is 6.78. The van der Waals surface area contributed by atoms with Gasteiger partial charge in [-0.15, -0.1) is 0 Å². The smallest absolute Gasteiger partial charge is 0.111 e. The molecule has 60 valence electrons. The summed E-state index contributed by atoms with van der Waals surface area (Å²) in [5.74, 6) is 0.373. The van der Waals surface area contributed by atoms with Crippen molar-refractivity contribution in [2.24, 2.45) is 13.0 Å². The van der Waals surface area contributed by atoms with Crippen LogP contribution in [-0.2, 0) is 12.6 Å². The summed E-state index contributed by atoms with van der Waals surface area (Å²) in [6.07, 6.45) is 4.45. The highest BCUT2D eigenvalue weighted by Crippen LogP contribution is 2.50. The van der Waals surface area contributed by atoms with Crippen LogP contribution in [-0.4, -0.2) is 14.7 Å². The zero-order valence-corrected chi connectivity index (χ0v) is 6.78. The van der Waals surface area contributed by atoms with Gasteiger partial charge in [0.2, 0.25) is 0 Å². The van der Waals surface area contributed by atoms with E-state index in [4.69, 9.17) is 0 Å². The number of hydrogen-bond donors (Lipinski definition) is 1. The maximum absolute atomic E-state index is 9.81. The third-order valence-corrected chi connectivity index (χ3v) is 2.42. The van der Waals surface area contributed by atoms with E-state index in [0.29, 0.717) is 5.92 Å². The van der Waals surface area contributed by atoms with Crippen LogP contribution in [0.1, 0.15) is 19.0 Å². The number of aliphatic hydroxyl groups is 1. The predicted octanol–water partition coefficient (Wildman–Crippen LogP) is 0.647. The van der Waals surface area contributed by atoms with E-state index in [1.807, 2.05) is 24.7 Å². The average molecular weight is 152 g/mol.